The van der Waals surface area contributed by atoms with Crippen LogP contribution in [0.3, 0.4) is 0 Å². The number of carboxylic acids is 2. The molecule has 2 aromatic heterocycles. The molecule has 272 valence electrons. The summed E-state index contributed by atoms with van der Waals surface area (Å²) >= 11 is 14.8. The molecule has 5 rings (SSSR count). The summed E-state index contributed by atoms with van der Waals surface area (Å²) < 4.78 is 13.1. The van der Waals surface area contributed by atoms with Gasteiger partial charge < -0.3 is 20.8 Å². The second kappa shape index (κ2) is 19.8. The largest absolute Gasteiger partial charge is 0.481 e. The number of unbranched alkanes of at least 4 members (excludes halogenated alkanes) is 1. The van der Waals surface area contributed by atoms with Gasteiger partial charge in [-0.3, -0.25) is 19.2 Å². The third-order valence-electron chi connectivity index (χ3n) is 7.65. The van der Waals surface area contributed by atoms with E-state index in [0.29, 0.717) is 43.7 Å². The number of anilines is 2. The van der Waals surface area contributed by atoms with E-state index in [-0.39, 0.29) is 25.2 Å². The minimum atomic E-state index is -1.09. The Kier molecular flexibility index (Phi) is 15.3. The molecule has 5 aromatic rings. The Morgan fingerprint density at radius 2 is 1.19 bits per heavy atom. The third-order valence-corrected chi connectivity index (χ3v) is 9.83. The number of carbonyl (C=O) groups excluding carboxylic acids is 2. The fourth-order valence-electron chi connectivity index (χ4n) is 5.02. The van der Waals surface area contributed by atoms with Crippen LogP contribution in [0.2, 0.25) is 10.0 Å². The van der Waals surface area contributed by atoms with Gasteiger partial charge in [0.2, 0.25) is 11.8 Å². The quantitative estimate of drug-likeness (QED) is 0.0817. The Balaban J connectivity index is 0.000000236. The highest BCUT2D eigenvalue weighted by molar-refractivity contribution is 7.14. The van der Waals surface area contributed by atoms with Crippen LogP contribution < -0.4 is 10.6 Å². The normalized spacial score (nSPS) is 11.8. The number of hydrogen-bond donors (Lipinski definition) is 4. The Morgan fingerprint density at radius 1 is 0.731 bits per heavy atom. The van der Waals surface area contributed by atoms with Gasteiger partial charge in [-0.15, -0.1) is 22.7 Å². The van der Waals surface area contributed by atoms with E-state index in [1.165, 1.54) is 46.9 Å². The zero-order valence-corrected chi connectivity index (χ0v) is 31.0. The number of aromatic nitrogens is 2. The zero-order valence-electron chi connectivity index (χ0n) is 27.9. The minimum Gasteiger partial charge on any atom is -0.481 e. The van der Waals surface area contributed by atoms with Crippen molar-refractivity contribution in [2.45, 2.75) is 45.4 Å². The fourth-order valence-corrected chi connectivity index (χ4v) is 6.92. The molecule has 52 heavy (non-hydrogen) atoms. The smallest absolute Gasteiger partial charge is 0.304 e. The van der Waals surface area contributed by atoms with Crippen LogP contribution in [-0.4, -0.2) is 43.9 Å². The van der Waals surface area contributed by atoms with E-state index in [0.717, 1.165) is 24.0 Å². The molecule has 0 fully saturated rings. The van der Waals surface area contributed by atoms with Gasteiger partial charge in [0.25, 0.3) is 0 Å². The number of carbonyl (C=O) groups is 4. The molecule has 0 spiro atoms. The summed E-state index contributed by atoms with van der Waals surface area (Å²) in [4.78, 5) is 55.8. The molecule has 2 amide bonds. The van der Waals surface area contributed by atoms with Gasteiger partial charge >= 0.3 is 11.9 Å². The van der Waals surface area contributed by atoms with Crippen molar-refractivity contribution in [3.05, 3.63) is 105 Å². The summed E-state index contributed by atoms with van der Waals surface area (Å²) in [5.74, 6) is -4.55. The number of halogens is 3. The molecule has 3 aromatic carbocycles. The molecule has 0 radical (unpaired) electrons. The van der Waals surface area contributed by atoms with Gasteiger partial charge in [0.05, 0.1) is 30.1 Å². The van der Waals surface area contributed by atoms with Crippen LogP contribution >= 0.6 is 45.9 Å². The van der Waals surface area contributed by atoms with Crippen LogP contribution in [0.15, 0.2) is 83.6 Å². The average Bonchev–Trinajstić information content (AvgIpc) is 3.77. The lowest BCUT2D eigenvalue weighted by Gasteiger charge is -2.14. The van der Waals surface area contributed by atoms with Gasteiger partial charge in [-0.05, 0) is 42.7 Å². The van der Waals surface area contributed by atoms with Crippen LogP contribution in [0.4, 0.5) is 14.7 Å². The average molecular weight is 786 g/mol. The Hall–Kier alpha value is -4.69. The number of rotatable bonds is 15. The SMILES string of the molecule is CCCC[C@H](CC(=O)O)C(=O)Nc1nc(-c2ccccc2Cl)cs1.O=C(O)C[C@@H](Cc1ccc(F)cc1)C(=O)Nc1nc(-c2ccccc2Cl)cs1. The summed E-state index contributed by atoms with van der Waals surface area (Å²) in [6.07, 6.45) is 1.95. The van der Waals surface area contributed by atoms with Crippen LogP contribution in [-0.2, 0) is 25.6 Å². The van der Waals surface area contributed by atoms with E-state index in [2.05, 4.69) is 20.6 Å². The highest BCUT2D eigenvalue weighted by Crippen LogP contribution is 2.32. The predicted octanol–water partition coefficient (Wildman–Crippen LogP) is 9.56. The Labute approximate surface area is 317 Å². The number of thiazole rings is 2. The van der Waals surface area contributed by atoms with Gasteiger partial charge in [0, 0.05) is 37.9 Å². The molecule has 0 bridgehead atoms. The van der Waals surface area contributed by atoms with Gasteiger partial charge in [-0.25, -0.2) is 14.4 Å². The van der Waals surface area contributed by atoms with E-state index >= 15 is 0 Å². The number of nitrogens with one attached hydrogen (secondary N) is 2. The summed E-state index contributed by atoms with van der Waals surface area (Å²) in [6.45, 7) is 2.01. The maximum atomic E-state index is 13.1. The van der Waals surface area contributed by atoms with Crippen molar-refractivity contribution < 1.29 is 33.8 Å². The van der Waals surface area contributed by atoms with Crippen LogP contribution in [0, 0.1) is 17.7 Å². The van der Waals surface area contributed by atoms with Crippen molar-refractivity contribution in [1.29, 1.82) is 0 Å². The second-order valence-corrected chi connectivity index (χ2v) is 14.1. The lowest BCUT2D eigenvalue weighted by atomic mass is 9.95. The maximum Gasteiger partial charge on any atom is 0.304 e. The van der Waals surface area contributed by atoms with Gasteiger partial charge in [-0.1, -0.05) is 91.5 Å². The first-order valence-electron chi connectivity index (χ1n) is 16.1. The van der Waals surface area contributed by atoms with Crippen LogP contribution in [0.5, 0.6) is 0 Å². The van der Waals surface area contributed by atoms with E-state index in [9.17, 15) is 23.6 Å². The first-order chi connectivity index (χ1) is 24.9. The Morgan fingerprint density at radius 3 is 1.65 bits per heavy atom. The minimum absolute atomic E-state index is 0.172. The maximum absolute atomic E-state index is 13.1. The number of aliphatic carboxylic acids is 2. The molecule has 0 unspecified atom stereocenters. The highest BCUT2D eigenvalue weighted by atomic mass is 35.5. The number of hydrogen-bond acceptors (Lipinski definition) is 8. The molecule has 0 aliphatic carbocycles. The molecule has 4 N–H and O–H groups in total. The van der Waals surface area contributed by atoms with Crippen LogP contribution in [0.1, 0.15) is 44.6 Å². The first-order valence-corrected chi connectivity index (χ1v) is 18.7. The first kappa shape index (κ1) is 40.1. The van der Waals surface area contributed by atoms with Crippen molar-refractivity contribution in [2.24, 2.45) is 11.8 Å². The fraction of sp³-hybridized carbons (Fsp3) is 0.243. The van der Waals surface area contributed by atoms with Gasteiger partial charge in [-0.2, -0.15) is 0 Å². The van der Waals surface area contributed by atoms with Gasteiger partial charge in [0.15, 0.2) is 10.3 Å². The number of nitrogens with zero attached hydrogens (tertiary/aromatic N) is 2. The second-order valence-electron chi connectivity index (χ2n) is 11.6. The number of carboxylic acid groups (broad SMARTS) is 2. The molecule has 0 aliphatic heterocycles. The topological polar surface area (TPSA) is 159 Å². The standard InChI is InChI=1S/C20H16ClFN2O3S.C17H19ClN2O3S/c21-16-4-2-1-3-15(16)17-11-28-20(23-17)24-19(27)13(10-18(25)26)9-12-5-7-14(22)8-6-12;1-2-3-6-11(9-15(21)22)16(23)20-17-19-14(10-24-17)12-7-4-5-8-13(12)18/h1-8,11,13H,9-10H2,(H,25,26)(H,23,24,27);4-5,7-8,10-11H,2-3,6,9H2,1H3,(H,21,22)(H,19,20,23)/t13-;11-/m11/s1. The lowest BCUT2D eigenvalue weighted by Crippen LogP contribution is -2.27. The molecule has 0 saturated carbocycles. The molecule has 0 aliphatic rings. The van der Waals surface area contributed by atoms with E-state index < -0.39 is 35.5 Å². The van der Waals surface area contributed by atoms with Crippen molar-refractivity contribution in [1.82, 2.24) is 9.97 Å². The molecular weight excluding hydrogens is 750 g/mol. The molecule has 0 saturated heterocycles. The summed E-state index contributed by atoms with van der Waals surface area (Å²) in [5.41, 5.74) is 3.53. The number of benzene rings is 3. The molecule has 10 nitrogen and oxygen atoms in total. The van der Waals surface area contributed by atoms with E-state index in [4.69, 9.17) is 33.4 Å². The summed E-state index contributed by atoms with van der Waals surface area (Å²) in [6, 6.07) is 20.2. The van der Waals surface area contributed by atoms with Gasteiger partial charge in [0.1, 0.15) is 5.82 Å². The number of amides is 2. The summed E-state index contributed by atoms with van der Waals surface area (Å²) in [7, 11) is 0. The monoisotopic (exact) mass is 784 g/mol. The van der Waals surface area contributed by atoms with E-state index in [1.54, 1.807) is 17.5 Å². The third kappa shape index (κ3) is 12.2. The predicted molar refractivity (Wildman–Crippen MR) is 203 cm³/mol. The van der Waals surface area contributed by atoms with Crippen molar-refractivity contribution in [2.75, 3.05) is 10.6 Å². The van der Waals surface area contributed by atoms with Crippen molar-refractivity contribution >= 4 is 79.9 Å². The summed E-state index contributed by atoms with van der Waals surface area (Å²) in [5, 5.41) is 29.0. The molecule has 2 atom stereocenters. The molecular formula is C37H35Cl2FN4O6S2. The molecule has 2 heterocycles. The van der Waals surface area contributed by atoms with E-state index in [1.807, 2.05) is 48.7 Å². The van der Waals surface area contributed by atoms with Crippen molar-refractivity contribution in [3.63, 3.8) is 0 Å². The Bertz CT molecular complexity index is 1990. The van der Waals surface area contributed by atoms with Crippen LogP contribution in [0.25, 0.3) is 22.5 Å². The molecule has 15 heteroatoms. The zero-order chi connectivity index (χ0) is 37.6. The lowest BCUT2D eigenvalue weighted by molar-refractivity contribution is -0.140. The van der Waals surface area contributed by atoms with Crippen molar-refractivity contribution in [3.8, 4) is 22.5 Å². The highest BCUT2D eigenvalue weighted by Gasteiger charge is 2.24.